The van der Waals surface area contributed by atoms with Gasteiger partial charge in [-0.2, -0.15) is 0 Å². The molecule has 10 heavy (non-hydrogen) atoms. The Morgan fingerprint density at radius 3 is 2.60 bits per heavy atom. The molecule has 62 valence electrons. The highest BCUT2D eigenvalue weighted by Gasteiger charge is 1.96. The summed E-state index contributed by atoms with van der Waals surface area (Å²) in [6, 6.07) is 0. The SMILES string of the molecule is CCC(C)CCOCCN. The van der Waals surface area contributed by atoms with Crippen molar-refractivity contribution in [3.05, 3.63) is 0 Å². The van der Waals surface area contributed by atoms with E-state index in [9.17, 15) is 0 Å². The molecular weight excluding hydrogens is 126 g/mol. The summed E-state index contributed by atoms with van der Waals surface area (Å²) >= 11 is 0. The molecule has 0 aliphatic heterocycles. The molecule has 0 saturated carbocycles. The monoisotopic (exact) mass is 145 g/mol. The third-order valence-corrected chi connectivity index (χ3v) is 1.71. The average Bonchev–Trinajstić information content (AvgIpc) is 1.98. The first-order chi connectivity index (χ1) is 4.81. The largest absolute Gasteiger partial charge is 0.380 e. The fourth-order valence-corrected chi connectivity index (χ4v) is 0.674. The molecule has 1 atom stereocenters. The van der Waals surface area contributed by atoms with Crippen molar-refractivity contribution in [3.63, 3.8) is 0 Å². The lowest BCUT2D eigenvalue weighted by molar-refractivity contribution is 0.128. The van der Waals surface area contributed by atoms with Crippen LogP contribution in [-0.2, 0) is 4.74 Å². The summed E-state index contributed by atoms with van der Waals surface area (Å²) in [4.78, 5) is 0. The molecule has 0 fully saturated rings. The number of nitrogens with two attached hydrogens (primary N) is 1. The third kappa shape index (κ3) is 6.05. The van der Waals surface area contributed by atoms with Crippen LogP contribution in [0.3, 0.4) is 0 Å². The van der Waals surface area contributed by atoms with Crippen molar-refractivity contribution >= 4 is 0 Å². The first-order valence-corrected chi connectivity index (χ1v) is 4.09. The van der Waals surface area contributed by atoms with E-state index in [0.717, 1.165) is 18.9 Å². The Hall–Kier alpha value is -0.0800. The second-order valence-electron chi connectivity index (χ2n) is 2.70. The predicted molar refractivity (Wildman–Crippen MR) is 43.9 cm³/mol. The van der Waals surface area contributed by atoms with Gasteiger partial charge in [-0.1, -0.05) is 20.3 Å². The van der Waals surface area contributed by atoms with Gasteiger partial charge < -0.3 is 10.5 Å². The van der Waals surface area contributed by atoms with E-state index in [-0.39, 0.29) is 0 Å². The number of hydrogen-bond acceptors (Lipinski definition) is 2. The van der Waals surface area contributed by atoms with Crippen LogP contribution in [0.2, 0.25) is 0 Å². The van der Waals surface area contributed by atoms with Crippen LogP contribution in [0.1, 0.15) is 26.7 Å². The Morgan fingerprint density at radius 2 is 2.10 bits per heavy atom. The van der Waals surface area contributed by atoms with E-state index in [2.05, 4.69) is 13.8 Å². The molecule has 0 heterocycles. The quantitative estimate of drug-likeness (QED) is 0.573. The Kier molecular flexibility index (Phi) is 6.98. The van der Waals surface area contributed by atoms with Gasteiger partial charge in [0.25, 0.3) is 0 Å². The number of ether oxygens (including phenoxy) is 1. The normalized spacial score (nSPS) is 13.5. The Morgan fingerprint density at radius 1 is 1.40 bits per heavy atom. The topological polar surface area (TPSA) is 35.2 Å². The lowest BCUT2D eigenvalue weighted by atomic mass is 10.1. The van der Waals surface area contributed by atoms with Crippen molar-refractivity contribution in [3.8, 4) is 0 Å². The molecule has 0 radical (unpaired) electrons. The molecule has 1 unspecified atom stereocenters. The van der Waals surface area contributed by atoms with Crippen molar-refractivity contribution in [1.82, 2.24) is 0 Å². The lowest BCUT2D eigenvalue weighted by Gasteiger charge is -2.07. The zero-order valence-corrected chi connectivity index (χ0v) is 7.10. The van der Waals surface area contributed by atoms with Gasteiger partial charge in [0.15, 0.2) is 0 Å². The molecule has 2 nitrogen and oxygen atoms in total. The van der Waals surface area contributed by atoms with E-state index in [0.29, 0.717) is 13.2 Å². The van der Waals surface area contributed by atoms with E-state index >= 15 is 0 Å². The van der Waals surface area contributed by atoms with Gasteiger partial charge >= 0.3 is 0 Å². The van der Waals surface area contributed by atoms with E-state index in [1.54, 1.807) is 0 Å². The van der Waals surface area contributed by atoms with Gasteiger partial charge in [0.05, 0.1) is 6.61 Å². The van der Waals surface area contributed by atoms with Crippen LogP contribution >= 0.6 is 0 Å². The first-order valence-electron chi connectivity index (χ1n) is 4.09. The van der Waals surface area contributed by atoms with Gasteiger partial charge in [-0.3, -0.25) is 0 Å². The van der Waals surface area contributed by atoms with Crippen LogP contribution in [0.4, 0.5) is 0 Å². The zero-order valence-electron chi connectivity index (χ0n) is 7.10. The second-order valence-corrected chi connectivity index (χ2v) is 2.70. The molecule has 0 spiro atoms. The predicted octanol–water partition coefficient (Wildman–Crippen LogP) is 1.40. The zero-order chi connectivity index (χ0) is 7.82. The summed E-state index contributed by atoms with van der Waals surface area (Å²) in [5.41, 5.74) is 5.25. The average molecular weight is 145 g/mol. The second kappa shape index (κ2) is 7.03. The lowest BCUT2D eigenvalue weighted by Crippen LogP contribution is -2.10. The van der Waals surface area contributed by atoms with Crippen molar-refractivity contribution in [1.29, 1.82) is 0 Å². The highest BCUT2D eigenvalue weighted by molar-refractivity contribution is 4.47. The molecule has 2 heteroatoms. The van der Waals surface area contributed by atoms with Crippen LogP contribution in [0.25, 0.3) is 0 Å². The van der Waals surface area contributed by atoms with Gasteiger partial charge in [-0.05, 0) is 12.3 Å². The molecule has 0 aliphatic carbocycles. The maximum atomic E-state index is 5.25. The molecule has 0 aliphatic rings. The summed E-state index contributed by atoms with van der Waals surface area (Å²) in [7, 11) is 0. The van der Waals surface area contributed by atoms with Crippen molar-refractivity contribution < 1.29 is 4.74 Å². The summed E-state index contributed by atoms with van der Waals surface area (Å²) in [5, 5.41) is 0. The van der Waals surface area contributed by atoms with Crippen LogP contribution < -0.4 is 5.73 Å². The van der Waals surface area contributed by atoms with Crippen LogP contribution in [0.15, 0.2) is 0 Å². The molecule has 2 N–H and O–H groups in total. The Bertz CT molecular complexity index is 66.3. The minimum Gasteiger partial charge on any atom is -0.380 e. The van der Waals surface area contributed by atoms with E-state index in [4.69, 9.17) is 10.5 Å². The van der Waals surface area contributed by atoms with Gasteiger partial charge in [-0.25, -0.2) is 0 Å². The minimum atomic E-state index is 0.639. The fourth-order valence-electron chi connectivity index (χ4n) is 0.674. The van der Waals surface area contributed by atoms with Gasteiger partial charge in [0.1, 0.15) is 0 Å². The number of hydrogen-bond donors (Lipinski definition) is 1. The summed E-state index contributed by atoms with van der Waals surface area (Å²) in [6.45, 7) is 6.66. The fraction of sp³-hybridized carbons (Fsp3) is 1.00. The Labute approximate surface area is 63.7 Å². The molecule has 0 aromatic rings. The van der Waals surface area contributed by atoms with Crippen LogP contribution in [-0.4, -0.2) is 19.8 Å². The molecule has 0 aromatic carbocycles. The van der Waals surface area contributed by atoms with Crippen molar-refractivity contribution in [2.75, 3.05) is 19.8 Å². The third-order valence-electron chi connectivity index (χ3n) is 1.71. The van der Waals surface area contributed by atoms with Crippen molar-refractivity contribution in [2.24, 2.45) is 11.7 Å². The van der Waals surface area contributed by atoms with E-state index in [1.165, 1.54) is 6.42 Å². The van der Waals surface area contributed by atoms with Gasteiger partial charge in [0, 0.05) is 13.2 Å². The molecule has 0 aromatic heterocycles. The van der Waals surface area contributed by atoms with Crippen LogP contribution in [0.5, 0.6) is 0 Å². The maximum Gasteiger partial charge on any atom is 0.0588 e. The van der Waals surface area contributed by atoms with E-state index in [1.807, 2.05) is 0 Å². The molecule has 0 saturated heterocycles. The minimum absolute atomic E-state index is 0.639. The summed E-state index contributed by atoms with van der Waals surface area (Å²) in [5.74, 6) is 0.790. The smallest absolute Gasteiger partial charge is 0.0588 e. The van der Waals surface area contributed by atoms with Crippen molar-refractivity contribution in [2.45, 2.75) is 26.7 Å². The number of rotatable bonds is 6. The van der Waals surface area contributed by atoms with Gasteiger partial charge in [-0.15, -0.1) is 0 Å². The Balaban J connectivity index is 2.89. The highest BCUT2D eigenvalue weighted by atomic mass is 16.5. The standard InChI is InChI=1S/C8H19NO/c1-3-8(2)4-6-10-7-5-9/h8H,3-7,9H2,1-2H3. The molecular formula is C8H19NO. The van der Waals surface area contributed by atoms with Crippen LogP contribution in [0, 0.1) is 5.92 Å². The van der Waals surface area contributed by atoms with Gasteiger partial charge in [0.2, 0.25) is 0 Å². The first kappa shape index (κ1) is 9.92. The van der Waals surface area contributed by atoms with E-state index < -0.39 is 0 Å². The summed E-state index contributed by atoms with van der Waals surface area (Å²) in [6.07, 6.45) is 2.41. The molecule has 0 bridgehead atoms. The molecule has 0 amide bonds. The highest BCUT2D eigenvalue weighted by Crippen LogP contribution is 2.05. The maximum absolute atomic E-state index is 5.25. The summed E-state index contributed by atoms with van der Waals surface area (Å²) < 4.78 is 5.23. The molecule has 0 rings (SSSR count).